The second-order valence-corrected chi connectivity index (χ2v) is 3.12. The highest BCUT2D eigenvalue weighted by molar-refractivity contribution is 6.04. The first-order valence-corrected chi connectivity index (χ1v) is 4.19. The Bertz CT molecular complexity index is 449. The molecule has 1 rings (SSSR count). The van der Waals surface area contributed by atoms with E-state index in [0.717, 1.165) is 13.0 Å². The van der Waals surface area contributed by atoms with Gasteiger partial charge in [0.2, 0.25) is 0 Å². The summed E-state index contributed by atoms with van der Waals surface area (Å²) in [6.07, 6.45) is -4.60. The van der Waals surface area contributed by atoms with Gasteiger partial charge < -0.3 is 5.11 Å². The Kier molecular flexibility index (Phi) is 3.02. The van der Waals surface area contributed by atoms with Crippen LogP contribution in [0.15, 0.2) is 18.2 Å². The van der Waals surface area contributed by atoms with Crippen molar-refractivity contribution in [1.82, 2.24) is 0 Å². The number of benzene rings is 1. The third-order valence-corrected chi connectivity index (χ3v) is 1.96. The van der Waals surface area contributed by atoms with Crippen LogP contribution in [0.25, 0.3) is 0 Å². The average Bonchev–Trinajstić information content (AvgIpc) is 2.15. The summed E-state index contributed by atoms with van der Waals surface area (Å²) in [7, 11) is 0. The van der Waals surface area contributed by atoms with Crippen LogP contribution >= 0.6 is 0 Å². The number of ketones is 1. The van der Waals surface area contributed by atoms with Gasteiger partial charge in [-0.15, -0.1) is 0 Å². The van der Waals surface area contributed by atoms with E-state index in [0.29, 0.717) is 12.1 Å². The molecule has 0 amide bonds. The Morgan fingerprint density at radius 2 is 1.75 bits per heavy atom. The molecule has 1 aromatic rings. The molecule has 1 aromatic carbocycles. The molecule has 0 bridgehead atoms. The maximum absolute atomic E-state index is 12.3. The van der Waals surface area contributed by atoms with Crippen LogP contribution in [-0.2, 0) is 6.18 Å². The molecule has 0 heterocycles. The Labute approximate surface area is 88.5 Å². The van der Waals surface area contributed by atoms with Crippen LogP contribution in [0.2, 0.25) is 0 Å². The lowest BCUT2D eigenvalue weighted by Gasteiger charge is -2.09. The summed E-state index contributed by atoms with van der Waals surface area (Å²) in [5.74, 6) is -2.15. The van der Waals surface area contributed by atoms with Crippen LogP contribution in [-0.4, -0.2) is 16.9 Å². The maximum atomic E-state index is 12.3. The number of carbonyl (C=O) groups is 2. The summed E-state index contributed by atoms with van der Waals surface area (Å²) in [5, 5.41) is 8.67. The lowest BCUT2D eigenvalue weighted by atomic mass is 10.0. The molecule has 0 atom stereocenters. The van der Waals surface area contributed by atoms with Gasteiger partial charge in [-0.3, -0.25) is 4.79 Å². The summed E-state index contributed by atoms with van der Waals surface area (Å²) in [5.41, 5.74) is -1.91. The topological polar surface area (TPSA) is 54.4 Å². The quantitative estimate of drug-likeness (QED) is 0.797. The molecule has 0 aliphatic rings. The van der Waals surface area contributed by atoms with E-state index in [9.17, 15) is 22.8 Å². The summed E-state index contributed by atoms with van der Waals surface area (Å²) in [4.78, 5) is 21.7. The number of carboxylic acids is 1. The molecule has 3 nitrogen and oxygen atoms in total. The van der Waals surface area contributed by atoms with Gasteiger partial charge >= 0.3 is 12.1 Å². The molecule has 16 heavy (non-hydrogen) atoms. The number of Topliss-reactive ketones (excluding diaryl/α,β-unsaturated/α-hetero) is 1. The number of rotatable bonds is 2. The molecule has 0 spiro atoms. The van der Waals surface area contributed by atoms with Crippen LogP contribution in [0.3, 0.4) is 0 Å². The number of halogens is 3. The van der Waals surface area contributed by atoms with Crippen LogP contribution in [0, 0.1) is 0 Å². The van der Waals surface area contributed by atoms with Gasteiger partial charge in [0.15, 0.2) is 5.78 Å². The smallest absolute Gasteiger partial charge is 0.416 e. The van der Waals surface area contributed by atoms with Crippen LogP contribution < -0.4 is 0 Å². The van der Waals surface area contributed by atoms with E-state index < -0.39 is 34.6 Å². The van der Waals surface area contributed by atoms with Crippen molar-refractivity contribution in [2.45, 2.75) is 13.1 Å². The molecule has 1 N–H and O–H groups in total. The molecule has 0 aromatic heterocycles. The van der Waals surface area contributed by atoms with E-state index in [2.05, 4.69) is 0 Å². The van der Waals surface area contributed by atoms with E-state index in [1.54, 1.807) is 0 Å². The van der Waals surface area contributed by atoms with Gasteiger partial charge in [0.1, 0.15) is 0 Å². The fourth-order valence-electron chi connectivity index (χ4n) is 1.20. The van der Waals surface area contributed by atoms with Gasteiger partial charge in [-0.2, -0.15) is 13.2 Å². The number of carbonyl (C=O) groups excluding carboxylic acids is 1. The molecule has 0 aliphatic carbocycles. The lowest BCUT2D eigenvalue weighted by Crippen LogP contribution is -2.11. The van der Waals surface area contributed by atoms with Crippen LogP contribution in [0.1, 0.15) is 33.2 Å². The Balaban J connectivity index is 3.40. The Morgan fingerprint density at radius 3 is 2.12 bits per heavy atom. The molecule has 6 heteroatoms. The van der Waals surface area contributed by atoms with Crippen molar-refractivity contribution in [3.63, 3.8) is 0 Å². The first-order valence-electron chi connectivity index (χ1n) is 4.19. The lowest BCUT2D eigenvalue weighted by molar-refractivity contribution is -0.137. The highest BCUT2D eigenvalue weighted by Gasteiger charge is 2.31. The third-order valence-electron chi connectivity index (χ3n) is 1.96. The first-order chi connectivity index (χ1) is 7.23. The van der Waals surface area contributed by atoms with Crippen molar-refractivity contribution in [2.24, 2.45) is 0 Å². The van der Waals surface area contributed by atoms with Gasteiger partial charge in [0.05, 0.1) is 11.1 Å². The molecule has 86 valence electrons. The average molecular weight is 232 g/mol. The van der Waals surface area contributed by atoms with Crippen molar-refractivity contribution in [3.05, 3.63) is 34.9 Å². The largest absolute Gasteiger partial charge is 0.478 e. The van der Waals surface area contributed by atoms with Gasteiger partial charge in [0, 0.05) is 5.56 Å². The second kappa shape index (κ2) is 3.96. The van der Waals surface area contributed by atoms with Crippen molar-refractivity contribution in [1.29, 1.82) is 0 Å². The SMILES string of the molecule is CC(=O)c1cc(C(F)(F)F)ccc1C(=O)O. The van der Waals surface area contributed by atoms with E-state index in [-0.39, 0.29) is 0 Å². The zero-order valence-electron chi connectivity index (χ0n) is 8.13. The molecule has 0 saturated carbocycles. The van der Waals surface area contributed by atoms with Crippen molar-refractivity contribution in [2.75, 3.05) is 0 Å². The minimum atomic E-state index is -4.60. The molecule has 0 fully saturated rings. The fraction of sp³-hybridized carbons (Fsp3) is 0.200. The predicted octanol–water partition coefficient (Wildman–Crippen LogP) is 2.61. The van der Waals surface area contributed by atoms with E-state index >= 15 is 0 Å². The van der Waals surface area contributed by atoms with Gasteiger partial charge in [0.25, 0.3) is 0 Å². The number of alkyl halides is 3. The fourth-order valence-corrected chi connectivity index (χ4v) is 1.20. The molecule has 0 unspecified atom stereocenters. The number of hydrogen-bond donors (Lipinski definition) is 1. The van der Waals surface area contributed by atoms with Gasteiger partial charge in [-0.1, -0.05) is 0 Å². The predicted molar refractivity (Wildman–Crippen MR) is 48.4 cm³/mol. The second-order valence-electron chi connectivity index (χ2n) is 3.12. The number of carboxylic acid groups (broad SMARTS) is 1. The summed E-state index contributed by atoms with van der Waals surface area (Å²) in [6.45, 7) is 1.02. The third kappa shape index (κ3) is 2.39. The van der Waals surface area contributed by atoms with Crippen molar-refractivity contribution >= 4 is 11.8 Å². The standard InChI is InChI=1S/C10H7F3O3/c1-5(14)8-4-6(10(11,12)13)2-3-7(8)9(15)16/h2-4H,1H3,(H,15,16). The van der Waals surface area contributed by atoms with Gasteiger partial charge in [-0.25, -0.2) is 4.79 Å². The minimum Gasteiger partial charge on any atom is -0.478 e. The Hall–Kier alpha value is -1.85. The van der Waals surface area contributed by atoms with Gasteiger partial charge in [-0.05, 0) is 25.1 Å². The minimum absolute atomic E-state index is 0.430. The highest BCUT2D eigenvalue weighted by Crippen LogP contribution is 2.30. The summed E-state index contributed by atoms with van der Waals surface area (Å²) < 4.78 is 36.9. The zero-order chi connectivity index (χ0) is 12.5. The summed E-state index contributed by atoms with van der Waals surface area (Å²) in [6, 6.07) is 1.96. The van der Waals surface area contributed by atoms with E-state index in [1.165, 1.54) is 0 Å². The monoisotopic (exact) mass is 232 g/mol. The number of aromatic carboxylic acids is 1. The maximum Gasteiger partial charge on any atom is 0.416 e. The van der Waals surface area contributed by atoms with Crippen LogP contribution in [0.4, 0.5) is 13.2 Å². The zero-order valence-corrected chi connectivity index (χ0v) is 8.13. The summed E-state index contributed by atoms with van der Waals surface area (Å²) >= 11 is 0. The van der Waals surface area contributed by atoms with Crippen LogP contribution in [0.5, 0.6) is 0 Å². The normalized spacial score (nSPS) is 11.2. The van der Waals surface area contributed by atoms with E-state index in [4.69, 9.17) is 5.11 Å². The number of hydrogen-bond acceptors (Lipinski definition) is 2. The molecular weight excluding hydrogens is 225 g/mol. The van der Waals surface area contributed by atoms with Crippen molar-refractivity contribution in [3.8, 4) is 0 Å². The molecule has 0 aliphatic heterocycles. The molecule has 0 radical (unpaired) electrons. The van der Waals surface area contributed by atoms with E-state index in [1.807, 2.05) is 0 Å². The first kappa shape index (κ1) is 12.2. The highest BCUT2D eigenvalue weighted by atomic mass is 19.4. The molecular formula is C10H7F3O3. The molecule has 0 saturated heterocycles. The Morgan fingerprint density at radius 1 is 1.19 bits per heavy atom. The van der Waals surface area contributed by atoms with Crippen molar-refractivity contribution < 1.29 is 27.9 Å².